The number of nitrogens with zero attached hydrogens (tertiary/aromatic N) is 3. The summed E-state index contributed by atoms with van der Waals surface area (Å²) >= 11 is 0. The maximum atomic E-state index is 5.05. The normalized spacial score (nSPS) is 15.8. The highest BCUT2D eigenvalue weighted by molar-refractivity contribution is 5.80. The van der Waals surface area contributed by atoms with Crippen LogP contribution < -0.4 is 10.6 Å². The highest BCUT2D eigenvalue weighted by Gasteiger charge is 2.21. The van der Waals surface area contributed by atoms with Gasteiger partial charge in [-0.1, -0.05) is 5.16 Å². The maximum absolute atomic E-state index is 5.05. The van der Waals surface area contributed by atoms with Gasteiger partial charge in [0.15, 0.2) is 11.8 Å². The van der Waals surface area contributed by atoms with Gasteiger partial charge in [-0.25, -0.2) is 0 Å². The Morgan fingerprint density at radius 2 is 2.33 bits per heavy atom. The minimum absolute atomic E-state index is 0.626. The molecule has 0 bridgehead atoms. The molecule has 1 fully saturated rings. The van der Waals surface area contributed by atoms with E-state index in [4.69, 9.17) is 4.52 Å². The van der Waals surface area contributed by atoms with Gasteiger partial charge in [0.2, 0.25) is 5.89 Å². The van der Waals surface area contributed by atoms with Crippen molar-refractivity contribution in [1.82, 2.24) is 20.8 Å². The van der Waals surface area contributed by atoms with Gasteiger partial charge in [0, 0.05) is 25.6 Å². The Morgan fingerprint density at radius 3 is 2.94 bits per heavy atom. The Morgan fingerprint density at radius 1 is 1.50 bits per heavy atom. The number of guanidine groups is 1. The smallest absolute Gasteiger partial charge is 0.226 e. The van der Waals surface area contributed by atoms with Crippen molar-refractivity contribution in [3.05, 3.63) is 11.7 Å². The van der Waals surface area contributed by atoms with E-state index in [1.54, 1.807) is 0 Å². The third-order valence-electron chi connectivity index (χ3n) is 2.65. The molecule has 1 saturated carbocycles. The standard InChI is InChI=1S/C12H21N5O/c1-3-13-12(16-10-6-7-10)14-8-4-5-11-15-9(2)17-18-11/h10H,3-8H2,1-2H3,(H2,13,14,16). The minimum atomic E-state index is 0.626. The fraction of sp³-hybridized carbons (Fsp3) is 0.750. The summed E-state index contributed by atoms with van der Waals surface area (Å²) in [5, 5.41) is 10.4. The zero-order valence-electron chi connectivity index (χ0n) is 11.1. The minimum Gasteiger partial charge on any atom is -0.357 e. The van der Waals surface area contributed by atoms with Crippen molar-refractivity contribution < 1.29 is 4.52 Å². The Kier molecular flexibility index (Phi) is 4.55. The van der Waals surface area contributed by atoms with Crippen molar-refractivity contribution in [3.63, 3.8) is 0 Å². The third-order valence-corrected chi connectivity index (χ3v) is 2.65. The lowest BCUT2D eigenvalue weighted by Crippen LogP contribution is -2.38. The second kappa shape index (κ2) is 6.37. The summed E-state index contributed by atoms with van der Waals surface area (Å²) in [5.74, 6) is 2.31. The second-order valence-electron chi connectivity index (χ2n) is 4.52. The molecule has 0 atom stereocenters. The van der Waals surface area contributed by atoms with Gasteiger partial charge in [0.05, 0.1) is 0 Å². The zero-order chi connectivity index (χ0) is 12.8. The molecule has 100 valence electrons. The number of hydrogen-bond donors (Lipinski definition) is 2. The highest BCUT2D eigenvalue weighted by atomic mass is 16.5. The molecule has 1 aliphatic carbocycles. The fourth-order valence-corrected chi connectivity index (χ4v) is 1.60. The van der Waals surface area contributed by atoms with Gasteiger partial charge in [-0.3, -0.25) is 4.99 Å². The van der Waals surface area contributed by atoms with Crippen LogP contribution in [-0.4, -0.2) is 35.2 Å². The van der Waals surface area contributed by atoms with Gasteiger partial charge in [0.1, 0.15) is 0 Å². The van der Waals surface area contributed by atoms with Crippen molar-refractivity contribution in [1.29, 1.82) is 0 Å². The molecule has 1 heterocycles. The van der Waals surface area contributed by atoms with E-state index in [-0.39, 0.29) is 0 Å². The summed E-state index contributed by atoms with van der Waals surface area (Å²) in [7, 11) is 0. The lowest BCUT2D eigenvalue weighted by atomic mass is 10.3. The van der Waals surface area contributed by atoms with Gasteiger partial charge in [0.25, 0.3) is 0 Å². The van der Waals surface area contributed by atoms with Crippen molar-refractivity contribution in [2.75, 3.05) is 13.1 Å². The summed E-state index contributed by atoms with van der Waals surface area (Å²) in [6.07, 6.45) is 4.22. The van der Waals surface area contributed by atoms with Crippen molar-refractivity contribution >= 4 is 5.96 Å². The summed E-state index contributed by atoms with van der Waals surface area (Å²) < 4.78 is 5.05. The monoisotopic (exact) mass is 251 g/mol. The molecular formula is C12H21N5O. The Bertz CT molecular complexity index is 397. The van der Waals surface area contributed by atoms with Gasteiger partial charge in [-0.05, 0) is 33.1 Å². The van der Waals surface area contributed by atoms with E-state index in [0.29, 0.717) is 17.8 Å². The molecule has 6 nitrogen and oxygen atoms in total. The van der Waals surface area contributed by atoms with Crippen LogP contribution in [0, 0.1) is 6.92 Å². The molecule has 1 aliphatic rings. The Hall–Kier alpha value is -1.59. The van der Waals surface area contributed by atoms with Crippen LogP contribution in [0.2, 0.25) is 0 Å². The number of aryl methyl sites for hydroxylation is 2. The quantitative estimate of drug-likeness (QED) is 0.448. The molecule has 0 aliphatic heterocycles. The predicted octanol–water partition coefficient (Wildman–Crippen LogP) is 1.03. The molecule has 2 rings (SSSR count). The Balaban J connectivity index is 1.70. The first kappa shape index (κ1) is 12.9. The summed E-state index contributed by atoms with van der Waals surface area (Å²) in [6.45, 7) is 5.56. The van der Waals surface area contributed by atoms with Crippen LogP contribution in [0.15, 0.2) is 9.52 Å². The number of aliphatic imine (C=N–C) groups is 1. The fourth-order valence-electron chi connectivity index (χ4n) is 1.60. The van der Waals surface area contributed by atoms with Gasteiger partial charge in [-0.15, -0.1) is 0 Å². The van der Waals surface area contributed by atoms with E-state index < -0.39 is 0 Å². The number of hydrogen-bond acceptors (Lipinski definition) is 4. The number of rotatable bonds is 6. The molecule has 2 N–H and O–H groups in total. The molecule has 0 unspecified atom stereocenters. The summed E-state index contributed by atoms with van der Waals surface area (Å²) in [6, 6.07) is 0.626. The first-order chi connectivity index (χ1) is 8.78. The molecule has 18 heavy (non-hydrogen) atoms. The molecule has 1 aromatic rings. The summed E-state index contributed by atoms with van der Waals surface area (Å²) in [4.78, 5) is 8.68. The topological polar surface area (TPSA) is 75.3 Å². The van der Waals surface area contributed by atoms with Crippen LogP contribution >= 0.6 is 0 Å². The first-order valence-corrected chi connectivity index (χ1v) is 6.62. The molecule has 0 spiro atoms. The van der Waals surface area contributed by atoms with Crippen LogP contribution in [-0.2, 0) is 6.42 Å². The zero-order valence-corrected chi connectivity index (χ0v) is 11.1. The lowest BCUT2D eigenvalue weighted by molar-refractivity contribution is 0.372. The lowest BCUT2D eigenvalue weighted by Gasteiger charge is -2.09. The van der Waals surface area contributed by atoms with E-state index in [2.05, 4.69) is 32.7 Å². The van der Waals surface area contributed by atoms with Crippen LogP contribution in [0.25, 0.3) is 0 Å². The summed E-state index contributed by atoms with van der Waals surface area (Å²) in [5.41, 5.74) is 0. The van der Waals surface area contributed by atoms with Crippen molar-refractivity contribution in [3.8, 4) is 0 Å². The largest absolute Gasteiger partial charge is 0.357 e. The molecule has 0 saturated heterocycles. The molecule has 1 aromatic heterocycles. The third kappa shape index (κ3) is 4.35. The average molecular weight is 251 g/mol. The van der Waals surface area contributed by atoms with Gasteiger partial charge in [-0.2, -0.15) is 4.98 Å². The van der Waals surface area contributed by atoms with E-state index >= 15 is 0 Å². The Labute approximate surface area is 107 Å². The second-order valence-corrected chi connectivity index (χ2v) is 4.52. The van der Waals surface area contributed by atoms with Gasteiger partial charge < -0.3 is 15.2 Å². The van der Waals surface area contributed by atoms with Crippen molar-refractivity contribution in [2.45, 2.75) is 45.6 Å². The van der Waals surface area contributed by atoms with Crippen LogP contribution in [0.4, 0.5) is 0 Å². The maximum Gasteiger partial charge on any atom is 0.226 e. The van der Waals surface area contributed by atoms with Gasteiger partial charge >= 0.3 is 0 Å². The van der Waals surface area contributed by atoms with Crippen molar-refractivity contribution in [2.24, 2.45) is 4.99 Å². The molecule has 0 aromatic carbocycles. The molecule has 0 amide bonds. The van der Waals surface area contributed by atoms with E-state index in [9.17, 15) is 0 Å². The highest BCUT2D eigenvalue weighted by Crippen LogP contribution is 2.18. The predicted molar refractivity (Wildman–Crippen MR) is 69.5 cm³/mol. The molecule has 0 radical (unpaired) electrons. The molecule has 6 heteroatoms. The first-order valence-electron chi connectivity index (χ1n) is 6.62. The van der Waals surface area contributed by atoms with Crippen LogP contribution in [0.3, 0.4) is 0 Å². The number of nitrogens with one attached hydrogen (secondary N) is 2. The van der Waals surface area contributed by atoms with Crippen LogP contribution in [0.1, 0.15) is 37.9 Å². The van der Waals surface area contributed by atoms with E-state index in [1.165, 1.54) is 12.8 Å². The van der Waals surface area contributed by atoms with E-state index in [1.807, 2.05) is 6.92 Å². The van der Waals surface area contributed by atoms with Crippen LogP contribution in [0.5, 0.6) is 0 Å². The number of aromatic nitrogens is 2. The SMILES string of the molecule is CCNC(=NCCCc1nc(C)no1)NC1CC1. The average Bonchev–Trinajstić information content (AvgIpc) is 3.06. The molecular weight excluding hydrogens is 230 g/mol. The van der Waals surface area contributed by atoms with E-state index in [0.717, 1.165) is 31.9 Å².